The lowest BCUT2D eigenvalue weighted by atomic mass is 10.0. The first-order chi connectivity index (χ1) is 8.40. The molecule has 0 spiro atoms. The largest absolute Gasteiger partial charge is 0.303 e. The van der Waals surface area contributed by atoms with Gasteiger partial charge >= 0.3 is 0 Å². The molecule has 2 aliphatic rings. The maximum absolute atomic E-state index is 4.16. The van der Waals surface area contributed by atoms with E-state index >= 15 is 0 Å². The Kier molecular flexibility index (Phi) is 5.79. The molecule has 0 aromatic rings. The van der Waals surface area contributed by atoms with Crippen LogP contribution in [0.25, 0.3) is 0 Å². The Morgan fingerprint density at radius 3 is 2.00 bits per heavy atom. The van der Waals surface area contributed by atoms with E-state index in [9.17, 15) is 0 Å². The molecular weight excluding hydrogens is 208 g/mol. The van der Waals surface area contributed by atoms with Crippen LogP contribution in [0.3, 0.4) is 0 Å². The van der Waals surface area contributed by atoms with Gasteiger partial charge in [0.25, 0.3) is 0 Å². The van der Waals surface area contributed by atoms with Crippen LogP contribution in [0.15, 0.2) is 0 Å². The molecule has 2 rings (SSSR count). The van der Waals surface area contributed by atoms with Crippen molar-refractivity contribution in [2.45, 2.75) is 57.4 Å². The molecule has 2 fully saturated rings. The van der Waals surface area contributed by atoms with Crippen molar-refractivity contribution >= 4 is 0 Å². The fraction of sp³-hybridized carbons (Fsp3) is 0.933. The van der Waals surface area contributed by atoms with E-state index in [0.29, 0.717) is 0 Å². The van der Waals surface area contributed by atoms with E-state index in [0.717, 1.165) is 12.5 Å². The highest BCUT2D eigenvalue weighted by Crippen LogP contribution is 2.18. The molecule has 0 aliphatic carbocycles. The Morgan fingerprint density at radius 1 is 0.824 bits per heavy atom. The van der Waals surface area contributed by atoms with Crippen molar-refractivity contribution in [2.24, 2.45) is 0 Å². The second kappa shape index (κ2) is 7.38. The summed E-state index contributed by atoms with van der Waals surface area (Å²) < 4.78 is 0. The number of hydrogen-bond acceptors (Lipinski definition) is 2. The summed E-state index contributed by atoms with van der Waals surface area (Å²) in [6.45, 7) is 10.8. The second-order valence-corrected chi connectivity index (χ2v) is 5.73. The van der Waals surface area contributed by atoms with Crippen LogP contribution in [0.5, 0.6) is 0 Å². The van der Waals surface area contributed by atoms with E-state index in [2.05, 4.69) is 16.7 Å². The third-order valence-corrected chi connectivity index (χ3v) is 4.47. The molecule has 2 aliphatic heterocycles. The summed E-state index contributed by atoms with van der Waals surface area (Å²) in [6.07, 6.45) is 10.9. The van der Waals surface area contributed by atoms with Crippen LogP contribution >= 0.6 is 0 Å². The van der Waals surface area contributed by atoms with Crippen molar-refractivity contribution < 1.29 is 0 Å². The number of rotatable bonds is 5. The van der Waals surface area contributed by atoms with Crippen LogP contribution in [0, 0.1) is 6.92 Å². The number of hydrogen-bond donors (Lipinski definition) is 0. The number of nitrogens with zero attached hydrogens (tertiary/aromatic N) is 2. The first-order valence-corrected chi connectivity index (χ1v) is 7.66. The summed E-state index contributed by atoms with van der Waals surface area (Å²) in [5.41, 5.74) is 0. The van der Waals surface area contributed by atoms with E-state index in [4.69, 9.17) is 0 Å². The summed E-state index contributed by atoms with van der Waals surface area (Å²) in [4.78, 5) is 5.36. The van der Waals surface area contributed by atoms with E-state index in [1.54, 1.807) is 0 Å². The van der Waals surface area contributed by atoms with Crippen molar-refractivity contribution in [2.75, 3.05) is 32.7 Å². The molecule has 0 amide bonds. The maximum atomic E-state index is 4.16. The van der Waals surface area contributed by atoms with Gasteiger partial charge in [-0.1, -0.05) is 19.8 Å². The molecule has 0 aromatic heterocycles. The fourth-order valence-electron chi connectivity index (χ4n) is 3.31. The third-order valence-electron chi connectivity index (χ3n) is 4.47. The zero-order valence-corrected chi connectivity index (χ0v) is 11.4. The molecular formula is C15H29N2. The van der Waals surface area contributed by atoms with Crippen molar-refractivity contribution in [3.05, 3.63) is 6.92 Å². The van der Waals surface area contributed by atoms with Gasteiger partial charge in [0.15, 0.2) is 0 Å². The maximum Gasteiger partial charge on any atom is 0.0107 e. The molecule has 99 valence electrons. The van der Waals surface area contributed by atoms with Gasteiger partial charge in [0.1, 0.15) is 0 Å². The summed E-state index contributed by atoms with van der Waals surface area (Å²) >= 11 is 0. The van der Waals surface area contributed by atoms with Crippen LogP contribution in [0.1, 0.15) is 51.4 Å². The molecule has 0 N–H and O–H groups in total. The number of piperidine rings is 2. The first kappa shape index (κ1) is 13.4. The quantitative estimate of drug-likeness (QED) is 0.725. The molecule has 1 atom stereocenters. The smallest absolute Gasteiger partial charge is 0.0107 e. The normalized spacial score (nSPS) is 25.9. The predicted molar refractivity (Wildman–Crippen MR) is 74.1 cm³/mol. The summed E-state index contributed by atoms with van der Waals surface area (Å²) in [6, 6.07) is 0.747. The molecule has 1 unspecified atom stereocenters. The summed E-state index contributed by atoms with van der Waals surface area (Å²) in [5, 5.41) is 0. The molecule has 2 nitrogen and oxygen atoms in total. The minimum Gasteiger partial charge on any atom is -0.303 e. The average Bonchev–Trinajstić information content (AvgIpc) is 2.42. The molecule has 17 heavy (non-hydrogen) atoms. The lowest BCUT2D eigenvalue weighted by molar-refractivity contribution is 0.134. The van der Waals surface area contributed by atoms with Gasteiger partial charge in [-0.15, -0.1) is 0 Å². The van der Waals surface area contributed by atoms with Crippen molar-refractivity contribution in [3.8, 4) is 0 Å². The zero-order valence-electron chi connectivity index (χ0n) is 11.4. The molecule has 0 bridgehead atoms. The highest BCUT2D eigenvalue weighted by Gasteiger charge is 2.20. The topological polar surface area (TPSA) is 6.48 Å². The van der Waals surface area contributed by atoms with Gasteiger partial charge in [-0.25, -0.2) is 0 Å². The van der Waals surface area contributed by atoms with Crippen LogP contribution < -0.4 is 0 Å². The Labute approximate surface area is 107 Å². The van der Waals surface area contributed by atoms with Crippen LogP contribution in [0.2, 0.25) is 0 Å². The third kappa shape index (κ3) is 4.26. The van der Waals surface area contributed by atoms with Crippen LogP contribution in [-0.2, 0) is 0 Å². The van der Waals surface area contributed by atoms with Crippen LogP contribution in [0.4, 0.5) is 0 Å². The molecule has 2 saturated heterocycles. The van der Waals surface area contributed by atoms with E-state index in [-0.39, 0.29) is 0 Å². The van der Waals surface area contributed by atoms with Gasteiger partial charge < -0.3 is 9.80 Å². The highest BCUT2D eigenvalue weighted by molar-refractivity contribution is 4.77. The molecule has 2 heterocycles. The first-order valence-electron chi connectivity index (χ1n) is 7.66. The predicted octanol–water partition coefficient (Wildman–Crippen LogP) is 2.94. The fourth-order valence-corrected chi connectivity index (χ4v) is 3.31. The zero-order chi connectivity index (χ0) is 11.9. The Hall–Kier alpha value is -0.0800. The Morgan fingerprint density at radius 2 is 1.41 bits per heavy atom. The minimum atomic E-state index is 0.747. The van der Waals surface area contributed by atoms with Gasteiger partial charge in [-0.2, -0.15) is 0 Å². The molecule has 0 saturated carbocycles. The van der Waals surface area contributed by atoms with Gasteiger partial charge in [0.05, 0.1) is 0 Å². The highest BCUT2D eigenvalue weighted by atomic mass is 15.2. The summed E-state index contributed by atoms with van der Waals surface area (Å²) in [7, 11) is 0. The lowest BCUT2D eigenvalue weighted by Crippen LogP contribution is -2.41. The van der Waals surface area contributed by atoms with Gasteiger partial charge in [0.2, 0.25) is 0 Å². The Bertz CT molecular complexity index is 193. The lowest BCUT2D eigenvalue weighted by Gasteiger charge is -2.36. The van der Waals surface area contributed by atoms with E-state index in [1.165, 1.54) is 77.7 Å². The van der Waals surface area contributed by atoms with Gasteiger partial charge in [-0.3, -0.25) is 0 Å². The molecule has 2 heteroatoms. The standard InChI is InChI=1S/C15H29N2/c1-2-15(17-12-7-4-8-13-17)9-14-16-10-5-3-6-11-16/h15H,1-14H2. The minimum absolute atomic E-state index is 0.747. The van der Waals surface area contributed by atoms with Gasteiger partial charge in [-0.05, 0) is 71.2 Å². The van der Waals surface area contributed by atoms with E-state index < -0.39 is 0 Å². The summed E-state index contributed by atoms with van der Waals surface area (Å²) in [5.74, 6) is 0. The van der Waals surface area contributed by atoms with Crippen molar-refractivity contribution in [3.63, 3.8) is 0 Å². The monoisotopic (exact) mass is 237 g/mol. The molecule has 0 aromatic carbocycles. The Balaban J connectivity index is 1.70. The van der Waals surface area contributed by atoms with Gasteiger partial charge in [0, 0.05) is 6.04 Å². The van der Waals surface area contributed by atoms with Crippen LogP contribution in [-0.4, -0.2) is 48.6 Å². The second-order valence-electron chi connectivity index (χ2n) is 5.73. The molecule has 1 radical (unpaired) electrons. The van der Waals surface area contributed by atoms with Crippen molar-refractivity contribution in [1.29, 1.82) is 0 Å². The SMILES string of the molecule is [CH2]CC(CCN1CCCCC1)N1CCCCC1. The average molecular weight is 237 g/mol. The number of likely N-dealkylation sites (tertiary alicyclic amines) is 2. The van der Waals surface area contributed by atoms with E-state index in [1.807, 2.05) is 0 Å². The van der Waals surface area contributed by atoms with Crippen molar-refractivity contribution in [1.82, 2.24) is 9.80 Å².